The predicted molar refractivity (Wildman–Crippen MR) is 114 cm³/mol. The van der Waals surface area contributed by atoms with Crippen molar-refractivity contribution in [2.45, 2.75) is 44.3 Å². The minimum absolute atomic E-state index is 0.234. The molecule has 0 spiro atoms. The van der Waals surface area contributed by atoms with Gasteiger partial charge in [0.15, 0.2) is 5.82 Å². The monoisotopic (exact) mass is 413 g/mol. The molecular weight excluding hydrogens is 390 g/mol. The van der Waals surface area contributed by atoms with Gasteiger partial charge in [0.1, 0.15) is 16.3 Å². The highest BCUT2D eigenvalue weighted by Gasteiger charge is 2.27. The number of nitrogens with zero attached hydrogens (tertiary/aromatic N) is 5. The summed E-state index contributed by atoms with van der Waals surface area (Å²) in [4.78, 5) is 23.3. The molecule has 3 aromatic heterocycles. The second-order valence-electron chi connectivity index (χ2n) is 7.52. The van der Waals surface area contributed by atoms with Gasteiger partial charge in [-0.3, -0.25) is 9.19 Å². The normalized spacial score (nSPS) is 22.8. The lowest BCUT2D eigenvalue weighted by molar-refractivity contribution is 0.671. The van der Waals surface area contributed by atoms with Crippen LogP contribution in [0.25, 0.3) is 21.7 Å². The molecule has 5 rings (SSSR count). The van der Waals surface area contributed by atoms with Crippen molar-refractivity contribution in [1.29, 1.82) is 0 Å². The van der Waals surface area contributed by atoms with Gasteiger partial charge in [0, 0.05) is 52.2 Å². The molecule has 0 saturated carbocycles. The summed E-state index contributed by atoms with van der Waals surface area (Å²) in [5.74, 6) is 2.32. The van der Waals surface area contributed by atoms with E-state index in [1.54, 1.807) is 18.6 Å². The average molecular weight is 414 g/mol. The van der Waals surface area contributed by atoms with E-state index < -0.39 is 10.8 Å². The molecule has 3 aromatic rings. The average Bonchev–Trinajstić information content (AvgIpc) is 3.03. The van der Waals surface area contributed by atoms with E-state index in [2.05, 4.69) is 21.8 Å². The number of aryl methyl sites for hydroxylation is 2. The molecule has 1 aliphatic heterocycles. The van der Waals surface area contributed by atoms with Crippen LogP contribution >= 0.6 is 11.3 Å². The van der Waals surface area contributed by atoms with Crippen LogP contribution in [0.1, 0.15) is 36.6 Å². The van der Waals surface area contributed by atoms with Crippen LogP contribution in [0.15, 0.2) is 18.6 Å². The summed E-state index contributed by atoms with van der Waals surface area (Å²) in [6.07, 6.45) is 10.7. The number of thiophene rings is 1. The van der Waals surface area contributed by atoms with Crippen molar-refractivity contribution in [1.82, 2.24) is 19.9 Å². The van der Waals surface area contributed by atoms with Gasteiger partial charge in [-0.1, -0.05) is 6.92 Å². The van der Waals surface area contributed by atoms with Crippen LogP contribution in [0.4, 0.5) is 5.82 Å². The molecule has 28 heavy (non-hydrogen) atoms. The summed E-state index contributed by atoms with van der Waals surface area (Å²) in [6, 6.07) is 0. The molecule has 2 aliphatic rings. The summed E-state index contributed by atoms with van der Waals surface area (Å²) in [5.41, 5.74) is 2.13. The zero-order chi connectivity index (χ0) is 19.1. The van der Waals surface area contributed by atoms with Crippen molar-refractivity contribution >= 4 is 38.2 Å². The Kier molecular flexibility index (Phi) is 4.84. The second kappa shape index (κ2) is 7.48. The van der Waals surface area contributed by atoms with E-state index >= 15 is 0 Å². The Bertz CT molecular complexity index is 1040. The molecule has 0 aromatic carbocycles. The second-order valence-corrected chi connectivity index (χ2v) is 10.6. The molecule has 4 heterocycles. The van der Waals surface area contributed by atoms with Crippen LogP contribution in [-0.4, -0.2) is 48.2 Å². The van der Waals surface area contributed by atoms with Crippen LogP contribution in [0, 0.1) is 0 Å². The first-order chi connectivity index (χ1) is 13.7. The van der Waals surface area contributed by atoms with Crippen molar-refractivity contribution in [3.05, 3.63) is 29.0 Å². The zero-order valence-electron chi connectivity index (χ0n) is 15.9. The van der Waals surface area contributed by atoms with Crippen LogP contribution in [-0.2, 0) is 23.6 Å². The predicted octanol–water partition coefficient (Wildman–Crippen LogP) is 3.37. The van der Waals surface area contributed by atoms with Gasteiger partial charge >= 0.3 is 0 Å². The summed E-state index contributed by atoms with van der Waals surface area (Å²) in [6.45, 7) is 3.74. The molecule has 146 valence electrons. The topological polar surface area (TPSA) is 71.9 Å². The molecule has 8 heteroatoms. The third-order valence-corrected chi connectivity index (χ3v) is 8.61. The lowest BCUT2D eigenvalue weighted by Crippen LogP contribution is -2.27. The SMILES string of the molecule is C[C@H]1CCN(c2nc(-c3cnccn3)nc3sc4c(c23)CCCC4)CC[S@@]1=O. The minimum atomic E-state index is -0.769. The maximum absolute atomic E-state index is 12.4. The first-order valence-electron chi connectivity index (χ1n) is 9.91. The van der Waals surface area contributed by atoms with Gasteiger partial charge in [0.2, 0.25) is 0 Å². The molecule has 0 unspecified atom stereocenters. The molecule has 0 amide bonds. The van der Waals surface area contributed by atoms with Crippen LogP contribution in [0.3, 0.4) is 0 Å². The Hall–Kier alpha value is -1.93. The fraction of sp³-hybridized carbons (Fsp3) is 0.500. The summed E-state index contributed by atoms with van der Waals surface area (Å²) >= 11 is 1.81. The van der Waals surface area contributed by atoms with Crippen molar-refractivity contribution in [2.24, 2.45) is 0 Å². The van der Waals surface area contributed by atoms with E-state index in [0.29, 0.717) is 17.3 Å². The van der Waals surface area contributed by atoms with E-state index in [0.717, 1.165) is 43.0 Å². The van der Waals surface area contributed by atoms with E-state index in [1.807, 2.05) is 11.3 Å². The van der Waals surface area contributed by atoms with Crippen molar-refractivity contribution in [2.75, 3.05) is 23.7 Å². The Morgan fingerprint density at radius 3 is 2.93 bits per heavy atom. The third-order valence-electron chi connectivity index (χ3n) is 5.70. The van der Waals surface area contributed by atoms with E-state index in [4.69, 9.17) is 9.97 Å². The number of hydrogen-bond donors (Lipinski definition) is 0. The van der Waals surface area contributed by atoms with Crippen molar-refractivity contribution in [3.63, 3.8) is 0 Å². The molecule has 1 saturated heterocycles. The third kappa shape index (κ3) is 3.22. The Balaban J connectivity index is 1.68. The molecule has 2 atom stereocenters. The zero-order valence-corrected chi connectivity index (χ0v) is 17.6. The lowest BCUT2D eigenvalue weighted by atomic mass is 9.97. The summed E-state index contributed by atoms with van der Waals surface area (Å²) in [5, 5.41) is 1.45. The van der Waals surface area contributed by atoms with E-state index in [9.17, 15) is 4.21 Å². The largest absolute Gasteiger partial charge is 0.355 e. The van der Waals surface area contributed by atoms with Gasteiger partial charge in [-0.15, -0.1) is 11.3 Å². The van der Waals surface area contributed by atoms with Crippen molar-refractivity contribution in [3.8, 4) is 11.5 Å². The first-order valence-corrected chi connectivity index (χ1v) is 12.1. The quantitative estimate of drug-likeness (QED) is 0.641. The Labute approximate surface area is 170 Å². The molecule has 1 aliphatic carbocycles. The summed E-state index contributed by atoms with van der Waals surface area (Å²) < 4.78 is 12.4. The fourth-order valence-electron chi connectivity index (χ4n) is 4.09. The van der Waals surface area contributed by atoms with Gasteiger partial charge < -0.3 is 4.90 Å². The van der Waals surface area contributed by atoms with Crippen molar-refractivity contribution < 1.29 is 4.21 Å². The molecule has 6 nitrogen and oxygen atoms in total. The molecular formula is C20H23N5OS2. The standard InChI is InChI=1S/C20H23N5OS2/c1-13-6-9-25(10-11-28(13)26)19-17-14-4-2-3-5-16(14)27-20(17)24-18(23-19)15-12-21-7-8-22-15/h7-8,12-13H,2-6,9-11H2,1H3/t13-,28-/m0/s1. The van der Waals surface area contributed by atoms with E-state index in [-0.39, 0.29) is 5.25 Å². The lowest BCUT2D eigenvalue weighted by Gasteiger charge is -2.23. The minimum Gasteiger partial charge on any atom is -0.355 e. The van der Waals surface area contributed by atoms with Gasteiger partial charge in [0.05, 0.1) is 11.6 Å². The van der Waals surface area contributed by atoms with Gasteiger partial charge in [0.25, 0.3) is 0 Å². The highest BCUT2D eigenvalue weighted by molar-refractivity contribution is 7.85. The van der Waals surface area contributed by atoms with E-state index in [1.165, 1.54) is 28.7 Å². The maximum atomic E-state index is 12.4. The molecule has 1 fully saturated rings. The highest BCUT2D eigenvalue weighted by Crippen LogP contribution is 2.40. The molecule has 0 radical (unpaired) electrons. The van der Waals surface area contributed by atoms with Crippen LogP contribution < -0.4 is 4.90 Å². The van der Waals surface area contributed by atoms with Gasteiger partial charge in [-0.25, -0.2) is 15.0 Å². The van der Waals surface area contributed by atoms with Crippen LogP contribution in [0.5, 0.6) is 0 Å². The van der Waals surface area contributed by atoms with Gasteiger partial charge in [-0.2, -0.15) is 0 Å². The molecule has 0 N–H and O–H groups in total. The Morgan fingerprint density at radius 1 is 1.18 bits per heavy atom. The summed E-state index contributed by atoms with van der Waals surface area (Å²) in [7, 11) is -0.769. The number of aromatic nitrogens is 4. The number of fused-ring (bicyclic) bond motifs is 3. The highest BCUT2D eigenvalue weighted by atomic mass is 32.2. The maximum Gasteiger partial charge on any atom is 0.183 e. The number of anilines is 1. The van der Waals surface area contributed by atoms with Crippen LogP contribution in [0.2, 0.25) is 0 Å². The van der Waals surface area contributed by atoms with Gasteiger partial charge in [-0.05, 0) is 37.7 Å². The number of rotatable bonds is 2. The smallest absolute Gasteiger partial charge is 0.183 e. The fourth-order valence-corrected chi connectivity index (χ4v) is 6.52. The number of hydrogen-bond acceptors (Lipinski definition) is 7. The molecule has 0 bridgehead atoms. The first kappa shape index (κ1) is 18.1. The Morgan fingerprint density at radius 2 is 2.07 bits per heavy atom.